The molecule has 3 unspecified atom stereocenters. The van der Waals surface area contributed by atoms with Crippen molar-refractivity contribution in [2.45, 2.75) is 45.7 Å². The summed E-state index contributed by atoms with van der Waals surface area (Å²) in [4.78, 5) is 26.5. The van der Waals surface area contributed by atoms with Crippen LogP contribution in [0.4, 0.5) is 0 Å². The molecule has 1 heterocycles. The molecular formula is C17H24N2O2. The smallest absolute Gasteiger partial charge is 0.246 e. The molecule has 4 nitrogen and oxygen atoms in total. The van der Waals surface area contributed by atoms with Crippen molar-refractivity contribution in [3.8, 4) is 0 Å². The fourth-order valence-electron chi connectivity index (χ4n) is 2.59. The molecule has 1 saturated heterocycles. The highest BCUT2D eigenvalue weighted by molar-refractivity contribution is 5.96. The first-order valence-electron chi connectivity index (χ1n) is 7.67. The Morgan fingerprint density at radius 1 is 1.24 bits per heavy atom. The predicted octanol–water partition coefficient (Wildman–Crippen LogP) is 1.99. The molecule has 2 rings (SSSR count). The lowest BCUT2D eigenvalue weighted by atomic mass is 9.99. The van der Waals surface area contributed by atoms with Gasteiger partial charge in [-0.05, 0) is 18.4 Å². The van der Waals surface area contributed by atoms with E-state index in [4.69, 9.17) is 0 Å². The van der Waals surface area contributed by atoms with Gasteiger partial charge in [-0.25, -0.2) is 0 Å². The van der Waals surface area contributed by atoms with Gasteiger partial charge >= 0.3 is 0 Å². The Morgan fingerprint density at radius 3 is 2.52 bits per heavy atom. The fraction of sp³-hybridized carbons (Fsp3) is 0.529. The van der Waals surface area contributed by atoms with Crippen LogP contribution < -0.4 is 5.32 Å². The summed E-state index contributed by atoms with van der Waals surface area (Å²) in [7, 11) is 0. The molecule has 0 aliphatic carbocycles. The van der Waals surface area contributed by atoms with E-state index < -0.39 is 6.04 Å². The van der Waals surface area contributed by atoms with Gasteiger partial charge in [0.15, 0.2) is 0 Å². The van der Waals surface area contributed by atoms with Gasteiger partial charge in [0.25, 0.3) is 0 Å². The van der Waals surface area contributed by atoms with Gasteiger partial charge in [0.1, 0.15) is 12.1 Å². The van der Waals surface area contributed by atoms with Crippen LogP contribution in [0.3, 0.4) is 0 Å². The lowest BCUT2D eigenvalue weighted by molar-refractivity contribution is -0.149. The van der Waals surface area contributed by atoms with Gasteiger partial charge < -0.3 is 10.2 Å². The van der Waals surface area contributed by atoms with E-state index in [0.29, 0.717) is 18.9 Å². The van der Waals surface area contributed by atoms with Crippen LogP contribution in [-0.2, 0) is 16.0 Å². The SMILES string of the molecule is CCC(C)CN1C(=O)C(Cc2ccccc2)NC(=O)C1C. The summed E-state index contributed by atoms with van der Waals surface area (Å²) in [6.45, 7) is 6.66. The number of nitrogens with one attached hydrogen (secondary N) is 1. The molecular weight excluding hydrogens is 264 g/mol. The van der Waals surface area contributed by atoms with Gasteiger partial charge in [-0.15, -0.1) is 0 Å². The van der Waals surface area contributed by atoms with E-state index in [9.17, 15) is 9.59 Å². The molecule has 1 N–H and O–H groups in total. The number of rotatable bonds is 5. The quantitative estimate of drug-likeness (QED) is 0.901. The topological polar surface area (TPSA) is 49.4 Å². The summed E-state index contributed by atoms with van der Waals surface area (Å²) in [5.41, 5.74) is 1.06. The van der Waals surface area contributed by atoms with E-state index in [1.807, 2.05) is 30.3 Å². The number of benzene rings is 1. The number of hydrogen-bond acceptors (Lipinski definition) is 2. The zero-order valence-corrected chi connectivity index (χ0v) is 13.0. The van der Waals surface area contributed by atoms with Crippen LogP contribution in [0.1, 0.15) is 32.8 Å². The molecule has 0 aromatic heterocycles. The third-order valence-corrected chi connectivity index (χ3v) is 4.23. The minimum Gasteiger partial charge on any atom is -0.342 e. The van der Waals surface area contributed by atoms with Crippen LogP contribution in [0.2, 0.25) is 0 Å². The first-order chi connectivity index (χ1) is 10.0. The average molecular weight is 288 g/mol. The van der Waals surface area contributed by atoms with Crippen molar-refractivity contribution in [2.24, 2.45) is 5.92 Å². The van der Waals surface area contributed by atoms with Crippen LogP contribution >= 0.6 is 0 Å². The fourth-order valence-corrected chi connectivity index (χ4v) is 2.59. The Hall–Kier alpha value is -1.84. The van der Waals surface area contributed by atoms with Crippen LogP contribution in [0.25, 0.3) is 0 Å². The Morgan fingerprint density at radius 2 is 1.90 bits per heavy atom. The number of nitrogens with zero attached hydrogens (tertiary/aromatic N) is 1. The second kappa shape index (κ2) is 6.74. The maximum Gasteiger partial charge on any atom is 0.246 e. The summed E-state index contributed by atoms with van der Waals surface area (Å²) in [6, 6.07) is 8.99. The normalized spacial score (nSPS) is 23.9. The van der Waals surface area contributed by atoms with E-state index in [2.05, 4.69) is 19.2 Å². The van der Waals surface area contributed by atoms with Gasteiger partial charge in [-0.1, -0.05) is 50.6 Å². The highest BCUT2D eigenvalue weighted by Gasteiger charge is 2.38. The van der Waals surface area contributed by atoms with E-state index >= 15 is 0 Å². The second-order valence-electron chi connectivity index (χ2n) is 5.93. The number of hydrogen-bond donors (Lipinski definition) is 1. The largest absolute Gasteiger partial charge is 0.342 e. The van der Waals surface area contributed by atoms with Gasteiger partial charge in [-0.3, -0.25) is 9.59 Å². The van der Waals surface area contributed by atoms with E-state index in [1.54, 1.807) is 11.8 Å². The Kier molecular flexibility index (Phi) is 4.99. The number of carbonyl (C=O) groups is 2. The molecule has 1 aromatic rings. The molecule has 4 heteroatoms. The summed E-state index contributed by atoms with van der Waals surface area (Å²) in [5.74, 6) is 0.379. The lowest BCUT2D eigenvalue weighted by Gasteiger charge is -2.38. The minimum atomic E-state index is -0.444. The third-order valence-electron chi connectivity index (χ3n) is 4.23. The molecule has 0 radical (unpaired) electrons. The molecule has 2 amide bonds. The van der Waals surface area contributed by atoms with Crippen molar-refractivity contribution in [1.29, 1.82) is 0 Å². The predicted molar refractivity (Wildman–Crippen MR) is 82.7 cm³/mol. The van der Waals surface area contributed by atoms with Crippen molar-refractivity contribution in [1.82, 2.24) is 10.2 Å². The van der Waals surface area contributed by atoms with Crippen LogP contribution in [0.5, 0.6) is 0 Å². The molecule has 1 aliphatic rings. The first-order valence-corrected chi connectivity index (χ1v) is 7.67. The zero-order chi connectivity index (χ0) is 15.4. The molecule has 1 aliphatic heterocycles. The molecule has 21 heavy (non-hydrogen) atoms. The second-order valence-corrected chi connectivity index (χ2v) is 5.93. The highest BCUT2D eigenvalue weighted by atomic mass is 16.2. The summed E-state index contributed by atoms with van der Waals surface area (Å²) in [6.07, 6.45) is 1.55. The average Bonchev–Trinajstić information content (AvgIpc) is 2.50. The van der Waals surface area contributed by atoms with Crippen LogP contribution in [0, 0.1) is 5.92 Å². The maximum atomic E-state index is 12.6. The molecule has 1 aromatic carbocycles. The first kappa shape index (κ1) is 15.5. The molecule has 0 saturated carbocycles. The Balaban J connectivity index is 2.12. The molecule has 0 spiro atoms. The van der Waals surface area contributed by atoms with E-state index in [-0.39, 0.29) is 17.9 Å². The van der Waals surface area contributed by atoms with Crippen molar-refractivity contribution in [2.75, 3.05) is 6.54 Å². The summed E-state index contributed by atoms with van der Waals surface area (Å²) >= 11 is 0. The van der Waals surface area contributed by atoms with Gasteiger partial charge in [0, 0.05) is 13.0 Å². The van der Waals surface area contributed by atoms with Gasteiger partial charge in [0.2, 0.25) is 11.8 Å². The Labute approximate surface area is 126 Å². The van der Waals surface area contributed by atoms with Gasteiger partial charge in [0.05, 0.1) is 0 Å². The van der Waals surface area contributed by atoms with Crippen molar-refractivity contribution < 1.29 is 9.59 Å². The Bertz CT molecular complexity index is 501. The summed E-state index contributed by atoms with van der Waals surface area (Å²) in [5, 5.41) is 2.86. The van der Waals surface area contributed by atoms with Crippen molar-refractivity contribution >= 4 is 11.8 Å². The van der Waals surface area contributed by atoms with Crippen molar-refractivity contribution in [3.63, 3.8) is 0 Å². The van der Waals surface area contributed by atoms with Crippen LogP contribution in [-0.4, -0.2) is 35.3 Å². The van der Waals surface area contributed by atoms with Crippen molar-refractivity contribution in [3.05, 3.63) is 35.9 Å². The molecule has 0 bridgehead atoms. The monoisotopic (exact) mass is 288 g/mol. The maximum absolute atomic E-state index is 12.6. The minimum absolute atomic E-state index is 0.0336. The van der Waals surface area contributed by atoms with Gasteiger partial charge in [-0.2, -0.15) is 0 Å². The number of piperazine rings is 1. The third kappa shape index (κ3) is 3.63. The molecule has 1 fully saturated rings. The number of carbonyl (C=O) groups excluding carboxylic acids is 2. The molecule has 3 atom stereocenters. The lowest BCUT2D eigenvalue weighted by Crippen LogP contribution is -2.63. The number of amides is 2. The van der Waals surface area contributed by atoms with E-state index in [0.717, 1.165) is 12.0 Å². The van der Waals surface area contributed by atoms with E-state index in [1.165, 1.54) is 0 Å². The van der Waals surface area contributed by atoms with Crippen LogP contribution in [0.15, 0.2) is 30.3 Å². The highest BCUT2D eigenvalue weighted by Crippen LogP contribution is 2.16. The zero-order valence-electron chi connectivity index (χ0n) is 13.0. The standard InChI is InChI=1S/C17H24N2O2/c1-4-12(2)11-19-13(3)16(20)18-15(17(19)21)10-14-8-6-5-7-9-14/h5-9,12-13,15H,4,10-11H2,1-3H3,(H,18,20). The molecule has 114 valence electrons. The summed E-state index contributed by atoms with van der Waals surface area (Å²) < 4.78 is 0.